The van der Waals surface area contributed by atoms with Crippen molar-refractivity contribution in [2.24, 2.45) is 0 Å². The molecule has 2 heterocycles. The number of amides is 1. The summed E-state index contributed by atoms with van der Waals surface area (Å²) in [6.07, 6.45) is 0. The number of aromatic nitrogens is 2. The van der Waals surface area contributed by atoms with Crippen LogP contribution in [-0.2, 0) is 0 Å². The van der Waals surface area contributed by atoms with Crippen molar-refractivity contribution in [2.45, 2.75) is 13.0 Å². The van der Waals surface area contributed by atoms with Crippen molar-refractivity contribution in [1.82, 2.24) is 15.5 Å². The van der Waals surface area contributed by atoms with Gasteiger partial charge in [-0.05, 0) is 19.1 Å². The van der Waals surface area contributed by atoms with Gasteiger partial charge in [-0.2, -0.15) is 0 Å². The van der Waals surface area contributed by atoms with Crippen molar-refractivity contribution in [3.05, 3.63) is 28.8 Å². The van der Waals surface area contributed by atoms with Crippen LogP contribution >= 0.6 is 11.3 Å². The largest absolute Gasteiger partial charge is 0.497 e. The third kappa shape index (κ3) is 3.21. The number of carbonyl (C=O) groups excluding carboxylic acids is 1. The van der Waals surface area contributed by atoms with Gasteiger partial charge < -0.3 is 19.7 Å². The summed E-state index contributed by atoms with van der Waals surface area (Å²) in [7, 11) is 3.11. The fourth-order valence-electron chi connectivity index (χ4n) is 2.39. The minimum absolute atomic E-state index is 0.0958. The average Bonchev–Trinajstić information content (AvgIpc) is 2.95. The number of anilines is 1. The second kappa shape index (κ2) is 6.41. The van der Waals surface area contributed by atoms with Crippen molar-refractivity contribution in [2.75, 3.05) is 32.2 Å². The standard InChI is InChI=1S/C15H18N4O3S/c1-9-17-18-15(23-9)19-7-10(8-19)16-14(20)12-5-4-11(21-2)6-13(12)22-3/h4-6,10H,7-8H2,1-3H3,(H,16,20). The Morgan fingerprint density at radius 1 is 1.30 bits per heavy atom. The zero-order chi connectivity index (χ0) is 16.4. The topological polar surface area (TPSA) is 76.6 Å². The number of rotatable bonds is 5. The van der Waals surface area contributed by atoms with Gasteiger partial charge in [0.2, 0.25) is 5.13 Å². The lowest BCUT2D eigenvalue weighted by atomic mass is 10.1. The molecule has 1 N–H and O–H groups in total. The maximum absolute atomic E-state index is 12.4. The summed E-state index contributed by atoms with van der Waals surface area (Å²) in [5.41, 5.74) is 0.499. The summed E-state index contributed by atoms with van der Waals surface area (Å²) in [5.74, 6) is 1.00. The molecule has 0 aliphatic carbocycles. The SMILES string of the molecule is COc1ccc(C(=O)NC2CN(c3nnc(C)s3)C2)c(OC)c1. The van der Waals surface area contributed by atoms with E-state index in [1.807, 2.05) is 6.92 Å². The zero-order valence-electron chi connectivity index (χ0n) is 13.2. The third-order valence-electron chi connectivity index (χ3n) is 3.66. The minimum Gasteiger partial charge on any atom is -0.497 e. The van der Waals surface area contributed by atoms with Crippen molar-refractivity contribution in [1.29, 1.82) is 0 Å². The highest BCUT2D eigenvalue weighted by Crippen LogP contribution is 2.26. The van der Waals surface area contributed by atoms with Gasteiger partial charge >= 0.3 is 0 Å². The number of benzene rings is 1. The highest BCUT2D eigenvalue weighted by molar-refractivity contribution is 7.15. The van der Waals surface area contributed by atoms with E-state index in [-0.39, 0.29) is 11.9 Å². The van der Waals surface area contributed by atoms with Crippen LogP contribution in [0.1, 0.15) is 15.4 Å². The highest BCUT2D eigenvalue weighted by atomic mass is 32.1. The zero-order valence-corrected chi connectivity index (χ0v) is 14.0. The van der Waals surface area contributed by atoms with Gasteiger partial charge in [0, 0.05) is 19.2 Å². The van der Waals surface area contributed by atoms with E-state index >= 15 is 0 Å². The summed E-state index contributed by atoms with van der Waals surface area (Å²) in [5, 5.41) is 13.0. The third-order valence-corrected chi connectivity index (χ3v) is 4.56. The van der Waals surface area contributed by atoms with Crippen LogP contribution in [0.4, 0.5) is 5.13 Å². The molecular weight excluding hydrogens is 316 g/mol. The van der Waals surface area contributed by atoms with Gasteiger partial charge in [0.1, 0.15) is 16.5 Å². The molecule has 122 valence electrons. The molecular formula is C15H18N4O3S. The molecule has 1 saturated heterocycles. The summed E-state index contributed by atoms with van der Waals surface area (Å²) >= 11 is 1.56. The van der Waals surface area contributed by atoms with Crippen LogP contribution in [0.3, 0.4) is 0 Å². The molecule has 0 spiro atoms. The Morgan fingerprint density at radius 3 is 2.70 bits per heavy atom. The second-order valence-corrected chi connectivity index (χ2v) is 6.41. The van der Waals surface area contributed by atoms with Gasteiger partial charge in [0.05, 0.1) is 25.8 Å². The highest BCUT2D eigenvalue weighted by Gasteiger charge is 2.31. The minimum atomic E-state index is -0.150. The molecule has 1 fully saturated rings. The van der Waals surface area contributed by atoms with Crippen LogP contribution < -0.4 is 19.7 Å². The molecule has 1 aliphatic rings. The van der Waals surface area contributed by atoms with Crippen molar-refractivity contribution >= 4 is 22.4 Å². The summed E-state index contributed by atoms with van der Waals surface area (Å²) in [4.78, 5) is 14.5. The van der Waals surface area contributed by atoms with E-state index in [0.29, 0.717) is 17.1 Å². The van der Waals surface area contributed by atoms with E-state index in [2.05, 4.69) is 20.4 Å². The molecule has 1 aliphatic heterocycles. The number of methoxy groups -OCH3 is 2. The first-order chi connectivity index (χ1) is 11.1. The number of ether oxygens (including phenoxy) is 2. The molecule has 23 heavy (non-hydrogen) atoms. The molecule has 1 aromatic heterocycles. The van der Waals surface area contributed by atoms with Gasteiger partial charge in [-0.15, -0.1) is 10.2 Å². The lowest BCUT2D eigenvalue weighted by Crippen LogP contribution is -2.59. The first-order valence-electron chi connectivity index (χ1n) is 7.18. The maximum Gasteiger partial charge on any atom is 0.255 e. The Labute approximate surface area is 138 Å². The van der Waals surface area contributed by atoms with E-state index < -0.39 is 0 Å². The first-order valence-corrected chi connectivity index (χ1v) is 8.00. The molecule has 0 unspecified atom stereocenters. The Balaban J connectivity index is 1.60. The van der Waals surface area contributed by atoms with Crippen LogP contribution in [0.5, 0.6) is 11.5 Å². The maximum atomic E-state index is 12.4. The van der Waals surface area contributed by atoms with Crippen LogP contribution in [0.15, 0.2) is 18.2 Å². The molecule has 0 bridgehead atoms. The van der Waals surface area contributed by atoms with E-state index in [1.165, 1.54) is 7.11 Å². The normalized spacial score (nSPS) is 14.3. The van der Waals surface area contributed by atoms with Gasteiger partial charge in [-0.1, -0.05) is 11.3 Å². The fourth-order valence-corrected chi connectivity index (χ4v) is 3.09. The molecule has 8 heteroatoms. The number of nitrogens with zero attached hydrogens (tertiary/aromatic N) is 3. The van der Waals surface area contributed by atoms with E-state index in [1.54, 1.807) is 36.6 Å². The van der Waals surface area contributed by atoms with Crippen LogP contribution in [0.2, 0.25) is 0 Å². The number of aryl methyl sites for hydroxylation is 1. The van der Waals surface area contributed by atoms with E-state index in [4.69, 9.17) is 9.47 Å². The smallest absolute Gasteiger partial charge is 0.255 e. The predicted molar refractivity (Wildman–Crippen MR) is 87.7 cm³/mol. The number of nitrogens with one attached hydrogen (secondary N) is 1. The van der Waals surface area contributed by atoms with Crippen molar-refractivity contribution in [3.63, 3.8) is 0 Å². The second-order valence-electron chi connectivity index (χ2n) is 5.25. The molecule has 0 radical (unpaired) electrons. The Kier molecular flexibility index (Phi) is 4.33. The summed E-state index contributed by atoms with van der Waals surface area (Å²) in [6, 6.07) is 5.25. The van der Waals surface area contributed by atoms with E-state index in [0.717, 1.165) is 23.2 Å². The molecule has 0 atom stereocenters. The fraction of sp³-hybridized carbons (Fsp3) is 0.400. The summed E-state index contributed by atoms with van der Waals surface area (Å²) < 4.78 is 10.4. The van der Waals surface area contributed by atoms with Gasteiger partial charge in [0.25, 0.3) is 5.91 Å². The van der Waals surface area contributed by atoms with Crippen molar-refractivity contribution in [3.8, 4) is 11.5 Å². The van der Waals surface area contributed by atoms with Crippen LogP contribution in [0.25, 0.3) is 0 Å². The lowest BCUT2D eigenvalue weighted by molar-refractivity contribution is 0.0927. The monoisotopic (exact) mass is 334 g/mol. The van der Waals surface area contributed by atoms with Crippen LogP contribution in [-0.4, -0.2) is 49.5 Å². The summed E-state index contributed by atoms with van der Waals surface area (Å²) in [6.45, 7) is 3.40. The van der Waals surface area contributed by atoms with Crippen molar-refractivity contribution < 1.29 is 14.3 Å². The Morgan fingerprint density at radius 2 is 2.09 bits per heavy atom. The number of hydrogen-bond acceptors (Lipinski definition) is 7. The van der Waals surface area contributed by atoms with Gasteiger partial charge in [0.15, 0.2) is 0 Å². The average molecular weight is 334 g/mol. The Bertz CT molecular complexity index is 712. The molecule has 1 aromatic carbocycles. The molecule has 3 rings (SSSR count). The van der Waals surface area contributed by atoms with Crippen LogP contribution in [0, 0.1) is 6.92 Å². The molecule has 7 nitrogen and oxygen atoms in total. The predicted octanol–water partition coefficient (Wildman–Crippen LogP) is 1.48. The molecule has 2 aromatic rings. The van der Waals surface area contributed by atoms with Gasteiger partial charge in [-0.3, -0.25) is 4.79 Å². The Hall–Kier alpha value is -2.35. The lowest BCUT2D eigenvalue weighted by Gasteiger charge is -2.39. The number of carbonyl (C=O) groups is 1. The number of hydrogen-bond donors (Lipinski definition) is 1. The van der Waals surface area contributed by atoms with E-state index in [9.17, 15) is 4.79 Å². The first kappa shape index (κ1) is 15.5. The quantitative estimate of drug-likeness (QED) is 0.893. The van der Waals surface area contributed by atoms with Gasteiger partial charge in [-0.25, -0.2) is 0 Å². The molecule has 1 amide bonds. The molecule has 0 saturated carbocycles.